The Kier molecular flexibility index (Phi) is 4.38. The van der Waals surface area contributed by atoms with Crippen LogP contribution in [-0.4, -0.2) is 6.54 Å². The van der Waals surface area contributed by atoms with Crippen LogP contribution >= 0.6 is 0 Å². The lowest BCUT2D eigenvalue weighted by Gasteiger charge is -2.07. The van der Waals surface area contributed by atoms with Gasteiger partial charge in [-0.25, -0.2) is 0 Å². The van der Waals surface area contributed by atoms with Crippen LogP contribution in [0.25, 0.3) is 0 Å². The molecule has 0 unspecified atom stereocenters. The molecule has 92 valence electrons. The minimum Gasteiger partial charge on any atom is -0.312 e. The van der Waals surface area contributed by atoms with Gasteiger partial charge in [-0.15, -0.1) is 0 Å². The summed E-state index contributed by atoms with van der Waals surface area (Å²) in [6.07, 6.45) is 7.63. The molecule has 0 saturated carbocycles. The van der Waals surface area contributed by atoms with E-state index in [0.717, 1.165) is 13.1 Å². The third kappa shape index (κ3) is 3.71. The highest BCUT2D eigenvalue weighted by Gasteiger charge is 2.03. The molecule has 1 aliphatic carbocycles. The average Bonchev–Trinajstić information content (AvgIpc) is 2.82. The zero-order valence-electron chi connectivity index (χ0n) is 11.1. The van der Waals surface area contributed by atoms with Gasteiger partial charge in [0, 0.05) is 6.54 Å². The molecule has 0 heterocycles. The molecule has 0 bridgehead atoms. The van der Waals surface area contributed by atoms with Crippen LogP contribution in [0, 0.1) is 13.8 Å². The molecular weight excluding hydrogens is 206 g/mol. The van der Waals surface area contributed by atoms with Gasteiger partial charge >= 0.3 is 0 Å². The highest BCUT2D eigenvalue weighted by atomic mass is 14.8. The van der Waals surface area contributed by atoms with E-state index in [0.29, 0.717) is 0 Å². The van der Waals surface area contributed by atoms with Crippen molar-refractivity contribution in [3.8, 4) is 0 Å². The molecule has 0 saturated heterocycles. The van der Waals surface area contributed by atoms with Gasteiger partial charge in [0.1, 0.15) is 0 Å². The molecule has 1 aromatic rings. The van der Waals surface area contributed by atoms with Crippen molar-refractivity contribution in [3.05, 3.63) is 46.5 Å². The van der Waals surface area contributed by atoms with Crippen molar-refractivity contribution in [1.29, 1.82) is 0 Å². The van der Waals surface area contributed by atoms with Crippen LogP contribution in [0.3, 0.4) is 0 Å². The number of hydrogen-bond donors (Lipinski definition) is 1. The highest BCUT2D eigenvalue weighted by Crippen LogP contribution is 2.19. The maximum atomic E-state index is 3.53. The molecule has 1 aliphatic rings. The maximum absolute atomic E-state index is 3.53. The minimum absolute atomic E-state index is 0.994. The van der Waals surface area contributed by atoms with Crippen molar-refractivity contribution in [2.45, 2.75) is 46.1 Å². The van der Waals surface area contributed by atoms with E-state index in [1.807, 2.05) is 0 Å². The summed E-state index contributed by atoms with van der Waals surface area (Å²) in [5, 5.41) is 3.53. The SMILES string of the molecule is Cc1ccc(CNCCC2=CCCC2)cc1C. The Balaban J connectivity index is 1.72. The van der Waals surface area contributed by atoms with Crippen LogP contribution in [0.4, 0.5) is 0 Å². The fourth-order valence-corrected chi connectivity index (χ4v) is 2.36. The van der Waals surface area contributed by atoms with Gasteiger partial charge in [0.05, 0.1) is 0 Å². The lowest BCUT2D eigenvalue weighted by atomic mass is 10.1. The molecule has 1 nitrogen and oxygen atoms in total. The third-order valence-corrected chi connectivity index (χ3v) is 3.66. The molecule has 1 aromatic carbocycles. The lowest BCUT2D eigenvalue weighted by Crippen LogP contribution is -2.15. The maximum Gasteiger partial charge on any atom is 0.0205 e. The van der Waals surface area contributed by atoms with E-state index in [-0.39, 0.29) is 0 Å². The predicted octanol–water partition coefficient (Wildman–Crippen LogP) is 3.89. The van der Waals surface area contributed by atoms with Gasteiger partial charge in [0.25, 0.3) is 0 Å². The first kappa shape index (κ1) is 12.4. The molecule has 1 N–H and O–H groups in total. The molecule has 0 fully saturated rings. The van der Waals surface area contributed by atoms with Crippen LogP contribution in [0.2, 0.25) is 0 Å². The van der Waals surface area contributed by atoms with Crippen LogP contribution in [0.5, 0.6) is 0 Å². The van der Waals surface area contributed by atoms with Crippen molar-refractivity contribution in [2.24, 2.45) is 0 Å². The summed E-state index contributed by atoms with van der Waals surface area (Å²) < 4.78 is 0. The van der Waals surface area contributed by atoms with Crippen molar-refractivity contribution in [3.63, 3.8) is 0 Å². The molecule has 0 amide bonds. The van der Waals surface area contributed by atoms with Crippen LogP contribution in [-0.2, 0) is 6.54 Å². The highest BCUT2D eigenvalue weighted by molar-refractivity contribution is 5.29. The number of aryl methyl sites for hydroxylation is 2. The van der Waals surface area contributed by atoms with Crippen molar-refractivity contribution < 1.29 is 0 Å². The van der Waals surface area contributed by atoms with E-state index >= 15 is 0 Å². The van der Waals surface area contributed by atoms with Crippen LogP contribution in [0.15, 0.2) is 29.8 Å². The van der Waals surface area contributed by atoms with E-state index in [1.54, 1.807) is 5.57 Å². The van der Waals surface area contributed by atoms with Gasteiger partial charge in [0.2, 0.25) is 0 Å². The summed E-state index contributed by atoms with van der Waals surface area (Å²) in [6, 6.07) is 6.73. The second-order valence-corrected chi connectivity index (χ2v) is 5.10. The number of allylic oxidation sites excluding steroid dienone is 1. The standard InChI is InChI=1S/C16H23N/c1-13-7-8-16(11-14(13)2)12-17-10-9-15-5-3-4-6-15/h5,7-8,11,17H,3-4,6,9-10,12H2,1-2H3. The Bertz CT molecular complexity index is 404. The predicted molar refractivity (Wildman–Crippen MR) is 74.2 cm³/mol. The van der Waals surface area contributed by atoms with Gasteiger partial charge in [-0.2, -0.15) is 0 Å². The molecule has 0 radical (unpaired) electrons. The Morgan fingerprint density at radius 2 is 2.06 bits per heavy atom. The number of hydrogen-bond acceptors (Lipinski definition) is 1. The third-order valence-electron chi connectivity index (χ3n) is 3.66. The van der Waals surface area contributed by atoms with Gasteiger partial charge in [-0.3, -0.25) is 0 Å². The van der Waals surface area contributed by atoms with E-state index in [1.165, 1.54) is 42.4 Å². The molecule has 2 rings (SSSR count). The molecule has 1 heteroatoms. The first-order valence-electron chi connectivity index (χ1n) is 6.70. The van der Waals surface area contributed by atoms with Crippen molar-refractivity contribution in [2.75, 3.05) is 6.54 Å². The van der Waals surface area contributed by atoms with Crippen LogP contribution < -0.4 is 5.32 Å². The Morgan fingerprint density at radius 3 is 2.76 bits per heavy atom. The van der Waals surface area contributed by atoms with Gasteiger partial charge in [-0.1, -0.05) is 29.8 Å². The lowest BCUT2D eigenvalue weighted by molar-refractivity contribution is 0.675. The van der Waals surface area contributed by atoms with E-state index < -0.39 is 0 Å². The Hall–Kier alpha value is -1.08. The average molecular weight is 229 g/mol. The second kappa shape index (κ2) is 6.02. The van der Waals surface area contributed by atoms with Gasteiger partial charge in [0.15, 0.2) is 0 Å². The van der Waals surface area contributed by atoms with Crippen LogP contribution in [0.1, 0.15) is 42.4 Å². The quantitative estimate of drug-likeness (QED) is 0.596. The number of rotatable bonds is 5. The molecule has 0 atom stereocenters. The van der Waals surface area contributed by atoms with E-state index in [2.05, 4.69) is 43.4 Å². The van der Waals surface area contributed by atoms with Crippen molar-refractivity contribution in [1.82, 2.24) is 5.32 Å². The Morgan fingerprint density at radius 1 is 1.18 bits per heavy atom. The first-order valence-corrected chi connectivity index (χ1v) is 6.70. The van der Waals surface area contributed by atoms with E-state index in [9.17, 15) is 0 Å². The summed E-state index contributed by atoms with van der Waals surface area (Å²) >= 11 is 0. The fraction of sp³-hybridized carbons (Fsp3) is 0.500. The molecular formula is C16H23N. The van der Waals surface area contributed by atoms with Gasteiger partial charge < -0.3 is 5.32 Å². The molecule has 0 spiro atoms. The number of benzene rings is 1. The first-order chi connectivity index (χ1) is 8.25. The van der Waals surface area contributed by atoms with Gasteiger partial charge in [-0.05, 0) is 62.8 Å². The summed E-state index contributed by atoms with van der Waals surface area (Å²) in [5.74, 6) is 0. The normalized spacial score (nSPS) is 15.1. The second-order valence-electron chi connectivity index (χ2n) is 5.10. The smallest absolute Gasteiger partial charge is 0.0205 e. The topological polar surface area (TPSA) is 12.0 Å². The van der Waals surface area contributed by atoms with E-state index in [4.69, 9.17) is 0 Å². The summed E-state index contributed by atoms with van der Waals surface area (Å²) in [6.45, 7) is 6.45. The zero-order chi connectivity index (χ0) is 12.1. The number of nitrogens with one attached hydrogen (secondary N) is 1. The summed E-state index contributed by atoms with van der Waals surface area (Å²) in [7, 11) is 0. The molecule has 0 aliphatic heterocycles. The minimum atomic E-state index is 0.994. The summed E-state index contributed by atoms with van der Waals surface area (Å²) in [5.41, 5.74) is 5.82. The zero-order valence-corrected chi connectivity index (χ0v) is 11.1. The Labute approximate surface area is 105 Å². The summed E-state index contributed by atoms with van der Waals surface area (Å²) in [4.78, 5) is 0. The largest absolute Gasteiger partial charge is 0.312 e. The van der Waals surface area contributed by atoms with Crippen molar-refractivity contribution >= 4 is 0 Å². The monoisotopic (exact) mass is 229 g/mol. The molecule has 17 heavy (non-hydrogen) atoms. The fourth-order valence-electron chi connectivity index (χ4n) is 2.36. The molecule has 0 aromatic heterocycles.